The van der Waals surface area contributed by atoms with Gasteiger partial charge in [0.15, 0.2) is 11.5 Å². The summed E-state index contributed by atoms with van der Waals surface area (Å²) in [6.07, 6.45) is 8.45. The van der Waals surface area contributed by atoms with Gasteiger partial charge in [-0.25, -0.2) is 14.5 Å². The lowest BCUT2D eigenvalue weighted by Crippen LogP contribution is -2.19. The molecule has 1 atom stereocenters. The van der Waals surface area contributed by atoms with E-state index in [9.17, 15) is 4.79 Å². The lowest BCUT2D eigenvalue weighted by molar-refractivity contribution is -0.117. The maximum Gasteiger partial charge on any atom is 0.228 e. The molecular weight excluding hydrogens is 406 g/mol. The summed E-state index contributed by atoms with van der Waals surface area (Å²) in [5.74, 6) is 2.00. The first-order valence-electron chi connectivity index (χ1n) is 10.9. The SMILES string of the molecule is Cc1ncc(-c2nc3ccc(OC4CCNC4)cn3n2)c2cc(NC(=O)C3CC3)ncc12. The second-order valence-corrected chi connectivity index (χ2v) is 8.47. The van der Waals surface area contributed by atoms with Gasteiger partial charge in [0, 0.05) is 46.9 Å². The highest BCUT2D eigenvalue weighted by atomic mass is 16.5. The molecule has 5 heterocycles. The van der Waals surface area contributed by atoms with Crippen LogP contribution in [0.3, 0.4) is 0 Å². The highest BCUT2D eigenvalue weighted by Gasteiger charge is 2.30. The van der Waals surface area contributed by atoms with Crippen molar-refractivity contribution in [1.82, 2.24) is 29.9 Å². The predicted octanol–water partition coefficient (Wildman–Crippen LogP) is 2.74. The third-order valence-electron chi connectivity index (χ3n) is 6.03. The van der Waals surface area contributed by atoms with Crippen LogP contribution < -0.4 is 15.4 Å². The van der Waals surface area contributed by atoms with Crippen molar-refractivity contribution >= 4 is 28.1 Å². The van der Waals surface area contributed by atoms with Crippen LogP contribution in [0.1, 0.15) is 25.0 Å². The van der Waals surface area contributed by atoms with Crippen LogP contribution in [-0.2, 0) is 4.79 Å². The summed E-state index contributed by atoms with van der Waals surface area (Å²) >= 11 is 0. The molecule has 162 valence electrons. The van der Waals surface area contributed by atoms with E-state index in [2.05, 4.69) is 25.7 Å². The summed E-state index contributed by atoms with van der Waals surface area (Å²) in [6.45, 7) is 3.77. The molecule has 2 N–H and O–H groups in total. The van der Waals surface area contributed by atoms with Crippen LogP contribution in [0, 0.1) is 12.8 Å². The Balaban J connectivity index is 1.37. The van der Waals surface area contributed by atoms with Crippen molar-refractivity contribution in [2.45, 2.75) is 32.3 Å². The largest absolute Gasteiger partial charge is 0.487 e. The number of hydrogen-bond donors (Lipinski definition) is 2. The van der Waals surface area contributed by atoms with Gasteiger partial charge >= 0.3 is 0 Å². The summed E-state index contributed by atoms with van der Waals surface area (Å²) in [5.41, 5.74) is 2.38. The highest BCUT2D eigenvalue weighted by Crippen LogP contribution is 2.32. The van der Waals surface area contributed by atoms with E-state index in [0.717, 1.165) is 65.8 Å². The molecule has 2 aliphatic rings. The van der Waals surface area contributed by atoms with E-state index in [1.165, 1.54) is 0 Å². The minimum absolute atomic E-state index is 0.0278. The minimum Gasteiger partial charge on any atom is -0.487 e. The van der Waals surface area contributed by atoms with Gasteiger partial charge in [-0.05, 0) is 50.9 Å². The molecule has 4 aromatic heterocycles. The van der Waals surface area contributed by atoms with Crippen LogP contribution in [0.15, 0.2) is 36.8 Å². The Labute approximate surface area is 184 Å². The van der Waals surface area contributed by atoms with Gasteiger partial charge in [-0.15, -0.1) is 5.10 Å². The number of nitrogens with one attached hydrogen (secondary N) is 2. The molecule has 1 amide bonds. The zero-order valence-corrected chi connectivity index (χ0v) is 17.7. The number of aromatic nitrogens is 5. The third kappa shape index (κ3) is 3.54. The van der Waals surface area contributed by atoms with Crippen LogP contribution in [0.25, 0.3) is 27.8 Å². The average molecular weight is 429 g/mol. The van der Waals surface area contributed by atoms with Gasteiger partial charge in [0.2, 0.25) is 5.91 Å². The van der Waals surface area contributed by atoms with Crippen LogP contribution >= 0.6 is 0 Å². The van der Waals surface area contributed by atoms with Gasteiger partial charge in [-0.1, -0.05) is 0 Å². The van der Waals surface area contributed by atoms with Crippen LogP contribution in [-0.4, -0.2) is 49.7 Å². The topological polar surface area (TPSA) is 106 Å². The van der Waals surface area contributed by atoms with Crippen LogP contribution in [0.4, 0.5) is 5.82 Å². The van der Waals surface area contributed by atoms with Gasteiger partial charge in [-0.3, -0.25) is 9.78 Å². The van der Waals surface area contributed by atoms with Gasteiger partial charge in [0.25, 0.3) is 0 Å². The number of nitrogens with zero attached hydrogens (tertiary/aromatic N) is 5. The standard InChI is InChI=1S/C23H23N7O2/c1-13-18-10-26-20(27-23(31)14-2-3-14)8-17(18)19(11-25-13)22-28-21-5-4-16(12-30(21)29-22)32-15-6-7-24-9-15/h4-5,8,10-12,14-15,24H,2-3,6-7,9H2,1H3,(H,26,27,31). The van der Waals surface area contributed by atoms with Crippen molar-refractivity contribution in [3.8, 4) is 17.1 Å². The second-order valence-electron chi connectivity index (χ2n) is 8.47. The first kappa shape index (κ1) is 19.1. The molecule has 1 aliphatic heterocycles. The number of aryl methyl sites for hydroxylation is 1. The van der Waals surface area contributed by atoms with E-state index < -0.39 is 0 Å². The van der Waals surface area contributed by atoms with Crippen LogP contribution in [0.5, 0.6) is 5.75 Å². The molecule has 0 aromatic carbocycles. The zero-order chi connectivity index (χ0) is 21.7. The summed E-state index contributed by atoms with van der Waals surface area (Å²) in [6, 6.07) is 5.71. The Hall–Kier alpha value is -3.59. The maximum absolute atomic E-state index is 12.2. The van der Waals surface area contributed by atoms with E-state index in [1.54, 1.807) is 16.9 Å². The Morgan fingerprint density at radius 3 is 2.91 bits per heavy atom. The predicted molar refractivity (Wildman–Crippen MR) is 120 cm³/mol. The zero-order valence-electron chi connectivity index (χ0n) is 17.7. The summed E-state index contributed by atoms with van der Waals surface area (Å²) in [7, 11) is 0. The highest BCUT2D eigenvalue weighted by molar-refractivity contribution is 5.99. The number of fused-ring (bicyclic) bond motifs is 2. The molecule has 0 spiro atoms. The van der Waals surface area contributed by atoms with E-state index in [0.29, 0.717) is 11.6 Å². The Morgan fingerprint density at radius 1 is 1.19 bits per heavy atom. The normalized spacial score (nSPS) is 18.3. The first-order valence-corrected chi connectivity index (χ1v) is 10.9. The first-order chi connectivity index (χ1) is 15.6. The number of rotatable bonds is 5. The lowest BCUT2D eigenvalue weighted by atomic mass is 10.1. The van der Waals surface area contributed by atoms with Gasteiger partial charge < -0.3 is 15.4 Å². The number of hydrogen-bond acceptors (Lipinski definition) is 7. The molecule has 0 bridgehead atoms. The minimum atomic E-state index is 0.0278. The molecule has 9 heteroatoms. The summed E-state index contributed by atoms with van der Waals surface area (Å²) in [4.78, 5) is 25.8. The number of amides is 1. The molecule has 1 unspecified atom stereocenters. The smallest absolute Gasteiger partial charge is 0.228 e. The summed E-state index contributed by atoms with van der Waals surface area (Å²) in [5, 5.41) is 12.7. The van der Waals surface area contributed by atoms with E-state index >= 15 is 0 Å². The van der Waals surface area contributed by atoms with Crippen molar-refractivity contribution in [1.29, 1.82) is 0 Å². The van der Waals surface area contributed by atoms with Crippen molar-refractivity contribution in [3.05, 3.63) is 42.5 Å². The molecule has 4 aromatic rings. The summed E-state index contributed by atoms with van der Waals surface area (Å²) < 4.78 is 7.78. The molecular formula is C23H23N7O2. The van der Waals surface area contributed by atoms with E-state index in [1.807, 2.05) is 31.3 Å². The van der Waals surface area contributed by atoms with Crippen molar-refractivity contribution in [3.63, 3.8) is 0 Å². The molecule has 1 aliphatic carbocycles. The monoisotopic (exact) mass is 429 g/mol. The van der Waals surface area contributed by atoms with Gasteiger partial charge in [-0.2, -0.15) is 0 Å². The van der Waals surface area contributed by atoms with E-state index in [4.69, 9.17) is 9.72 Å². The molecule has 1 saturated carbocycles. The fraction of sp³-hybridized carbons (Fsp3) is 0.348. The number of carbonyl (C=O) groups excluding carboxylic acids is 1. The molecule has 32 heavy (non-hydrogen) atoms. The quantitative estimate of drug-likeness (QED) is 0.502. The number of ether oxygens (including phenoxy) is 1. The molecule has 0 radical (unpaired) electrons. The molecule has 2 fully saturated rings. The Bertz CT molecular complexity index is 1340. The molecule has 9 nitrogen and oxygen atoms in total. The van der Waals surface area contributed by atoms with Crippen LogP contribution in [0.2, 0.25) is 0 Å². The van der Waals surface area contributed by atoms with E-state index in [-0.39, 0.29) is 17.9 Å². The lowest BCUT2D eigenvalue weighted by Gasteiger charge is -2.11. The van der Waals surface area contributed by atoms with Gasteiger partial charge in [0.05, 0.1) is 6.20 Å². The fourth-order valence-electron chi connectivity index (χ4n) is 4.06. The Kier molecular flexibility index (Phi) is 4.50. The van der Waals surface area contributed by atoms with Crippen molar-refractivity contribution in [2.24, 2.45) is 5.92 Å². The number of pyridine rings is 3. The van der Waals surface area contributed by atoms with Gasteiger partial charge in [0.1, 0.15) is 17.7 Å². The average Bonchev–Trinajstić information content (AvgIpc) is 3.37. The number of anilines is 1. The third-order valence-corrected chi connectivity index (χ3v) is 6.03. The van der Waals surface area contributed by atoms with Crippen molar-refractivity contribution in [2.75, 3.05) is 18.4 Å². The number of carbonyl (C=O) groups is 1. The second kappa shape index (κ2) is 7.52. The maximum atomic E-state index is 12.2. The van der Waals surface area contributed by atoms with Crippen molar-refractivity contribution < 1.29 is 9.53 Å². The fourth-order valence-corrected chi connectivity index (χ4v) is 4.06. The Morgan fingerprint density at radius 2 is 2.09 bits per heavy atom. The molecule has 6 rings (SSSR count). The molecule has 1 saturated heterocycles.